The second kappa shape index (κ2) is 21.5. The molecule has 2 aromatic rings. The van der Waals surface area contributed by atoms with Crippen LogP contribution in [0.3, 0.4) is 0 Å². The number of rotatable bonds is 19. The molecule has 0 saturated carbocycles. The molecular formula is C41H66O2. The van der Waals surface area contributed by atoms with Crippen molar-refractivity contribution in [2.75, 3.05) is 13.2 Å². The van der Waals surface area contributed by atoms with Crippen LogP contribution in [0, 0.1) is 11.8 Å². The summed E-state index contributed by atoms with van der Waals surface area (Å²) in [7, 11) is 0. The molecule has 0 saturated heterocycles. The number of hydrogen-bond acceptors (Lipinski definition) is 2. The Kier molecular flexibility index (Phi) is 19.5. The van der Waals surface area contributed by atoms with Crippen molar-refractivity contribution in [3.63, 3.8) is 0 Å². The van der Waals surface area contributed by atoms with Crippen LogP contribution in [-0.2, 0) is 22.3 Å². The molecule has 0 aromatic heterocycles. The lowest BCUT2D eigenvalue weighted by atomic mass is 9.95. The van der Waals surface area contributed by atoms with E-state index in [1.807, 2.05) is 0 Å². The molecule has 2 nitrogen and oxygen atoms in total. The maximum absolute atomic E-state index is 6.02. The van der Waals surface area contributed by atoms with Crippen molar-refractivity contribution in [3.05, 3.63) is 82.9 Å². The van der Waals surface area contributed by atoms with Gasteiger partial charge in [-0.3, -0.25) is 0 Å². The molecule has 0 aliphatic rings. The van der Waals surface area contributed by atoms with E-state index < -0.39 is 0 Å². The van der Waals surface area contributed by atoms with Gasteiger partial charge >= 0.3 is 0 Å². The van der Waals surface area contributed by atoms with Crippen molar-refractivity contribution in [3.8, 4) is 0 Å². The van der Waals surface area contributed by atoms with Crippen LogP contribution in [0.4, 0.5) is 0 Å². The topological polar surface area (TPSA) is 18.5 Å². The van der Waals surface area contributed by atoms with Crippen molar-refractivity contribution in [2.45, 2.75) is 138 Å². The third kappa shape index (κ3) is 19.7. The van der Waals surface area contributed by atoms with Gasteiger partial charge in [0.05, 0.1) is 24.4 Å². The van der Waals surface area contributed by atoms with Crippen LogP contribution in [0.25, 0.3) is 12.2 Å². The molecule has 0 fully saturated rings. The Morgan fingerprint density at radius 2 is 1.00 bits per heavy atom. The van der Waals surface area contributed by atoms with Crippen LogP contribution >= 0.6 is 0 Å². The van der Waals surface area contributed by atoms with Gasteiger partial charge in [-0.2, -0.15) is 0 Å². The molecule has 0 aliphatic carbocycles. The molecule has 0 aliphatic heterocycles. The molecule has 43 heavy (non-hydrogen) atoms. The van der Waals surface area contributed by atoms with Crippen LogP contribution in [0.5, 0.6) is 0 Å². The maximum Gasteiger partial charge on any atom is 0.0657 e. The zero-order valence-corrected chi connectivity index (χ0v) is 29.7. The Bertz CT molecular complexity index is 1010. The SMILES string of the molecule is CCc1ccc(/C=C/COC(C)(C)CCCC(C)C)cc1.CCc1ccc(/C=C/COC(C)(C)CCCC(C)CC)cc1. The number of hydrogen-bond donors (Lipinski definition) is 0. The summed E-state index contributed by atoms with van der Waals surface area (Å²) in [6.45, 7) is 23.7. The van der Waals surface area contributed by atoms with Crippen molar-refractivity contribution in [1.82, 2.24) is 0 Å². The average Bonchev–Trinajstić information content (AvgIpc) is 2.98. The van der Waals surface area contributed by atoms with Gasteiger partial charge in [-0.15, -0.1) is 0 Å². The molecule has 1 unspecified atom stereocenters. The Balaban J connectivity index is 0.000000430. The highest BCUT2D eigenvalue weighted by molar-refractivity contribution is 5.50. The zero-order chi connectivity index (χ0) is 32.1. The molecule has 0 N–H and O–H groups in total. The minimum absolute atomic E-state index is 0.0225. The summed E-state index contributed by atoms with van der Waals surface area (Å²) in [6.07, 6.45) is 19.4. The molecule has 1 atom stereocenters. The average molecular weight is 591 g/mol. The van der Waals surface area contributed by atoms with Crippen molar-refractivity contribution in [1.29, 1.82) is 0 Å². The third-order valence-electron chi connectivity index (χ3n) is 8.27. The van der Waals surface area contributed by atoms with Crippen molar-refractivity contribution in [2.24, 2.45) is 11.8 Å². The Morgan fingerprint density at radius 1 is 0.605 bits per heavy atom. The number of ether oxygens (including phenoxy) is 2. The van der Waals surface area contributed by atoms with Crippen LogP contribution < -0.4 is 0 Å². The molecule has 2 aromatic carbocycles. The Morgan fingerprint density at radius 3 is 1.35 bits per heavy atom. The molecule has 0 spiro atoms. The summed E-state index contributed by atoms with van der Waals surface area (Å²) in [5, 5.41) is 0. The van der Waals surface area contributed by atoms with Crippen LogP contribution in [0.2, 0.25) is 0 Å². The summed E-state index contributed by atoms with van der Waals surface area (Å²) in [5.74, 6) is 1.62. The van der Waals surface area contributed by atoms with Crippen LogP contribution in [0.15, 0.2) is 60.7 Å². The van der Waals surface area contributed by atoms with Crippen LogP contribution in [-0.4, -0.2) is 24.4 Å². The van der Waals surface area contributed by atoms with E-state index in [1.165, 1.54) is 54.4 Å². The lowest BCUT2D eigenvalue weighted by Gasteiger charge is -2.25. The van der Waals surface area contributed by atoms with E-state index in [-0.39, 0.29) is 11.2 Å². The monoisotopic (exact) mass is 591 g/mol. The molecule has 242 valence electrons. The predicted octanol–water partition coefficient (Wildman–Crippen LogP) is 12.2. The molecular weight excluding hydrogens is 524 g/mol. The fourth-order valence-electron chi connectivity index (χ4n) is 4.81. The van der Waals surface area contributed by atoms with Crippen LogP contribution in [0.1, 0.15) is 136 Å². The van der Waals surface area contributed by atoms with Gasteiger partial charge in [0.1, 0.15) is 0 Å². The first kappa shape index (κ1) is 38.9. The fourth-order valence-corrected chi connectivity index (χ4v) is 4.81. The lowest BCUT2D eigenvalue weighted by molar-refractivity contribution is -0.00962. The Hall–Kier alpha value is -2.16. The van der Waals surface area contributed by atoms with E-state index in [0.717, 1.165) is 37.5 Å². The highest BCUT2D eigenvalue weighted by atomic mass is 16.5. The van der Waals surface area contributed by atoms with Gasteiger partial charge in [-0.05, 0) is 87.5 Å². The van der Waals surface area contributed by atoms with Gasteiger partial charge in [0.2, 0.25) is 0 Å². The lowest BCUT2D eigenvalue weighted by Crippen LogP contribution is -2.24. The minimum Gasteiger partial charge on any atom is -0.372 e. The maximum atomic E-state index is 6.02. The molecule has 0 radical (unpaired) electrons. The summed E-state index contributed by atoms with van der Waals surface area (Å²) < 4.78 is 12.0. The third-order valence-corrected chi connectivity index (χ3v) is 8.27. The first-order valence-corrected chi connectivity index (χ1v) is 17.2. The minimum atomic E-state index is -0.0239. The zero-order valence-electron chi connectivity index (χ0n) is 29.7. The predicted molar refractivity (Wildman–Crippen MR) is 192 cm³/mol. The normalized spacial score (nSPS) is 13.1. The van der Waals surface area contributed by atoms with E-state index in [0.29, 0.717) is 13.2 Å². The van der Waals surface area contributed by atoms with Gasteiger partial charge in [-0.25, -0.2) is 0 Å². The van der Waals surface area contributed by atoms with Gasteiger partial charge in [0.25, 0.3) is 0 Å². The summed E-state index contributed by atoms with van der Waals surface area (Å²) >= 11 is 0. The largest absolute Gasteiger partial charge is 0.372 e. The Labute approximate surface area is 267 Å². The highest BCUT2D eigenvalue weighted by Crippen LogP contribution is 2.22. The van der Waals surface area contributed by atoms with Gasteiger partial charge in [0, 0.05) is 0 Å². The van der Waals surface area contributed by atoms with Crippen molar-refractivity contribution >= 4 is 12.2 Å². The number of aryl methyl sites for hydroxylation is 2. The van der Waals surface area contributed by atoms with Crippen molar-refractivity contribution < 1.29 is 9.47 Å². The molecule has 0 heterocycles. The van der Waals surface area contributed by atoms with Gasteiger partial charge in [-0.1, -0.05) is 146 Å². The second-order valence-corrected chi connectivity index (χ2v) is 13.8. The number of benzene rings is 2. The molecule has 2 rings (SSSR count). The first-order chi connectivity index (χ1) is 20.4. The highest BCUT2D eigenvalue weighted by Gasteiger charge is 2.18. The van der Waals surface area contributed by atoms with E-state index in [1.54, 1.807) is 0 Å². The second-order valence-electron chi connectivity index (χ2n) is 13.8. The smallest absolute Gasteiger partial charge is 0.0657 e. The quantitative estimate of drug-likeness (QED) is 0.162. The summed E-state index contributed by atoms with van der Waals surface area (Å²) in [5.41, 5.74) is 5.21. The summed E-state index contributed by atoms with van der Waals surface area (Å²) in [6, 6.07) is 17.5. The molecule has 0 amide bonds. The first-order valence-electron chi connectivity index (χ1n) is 17.2. The standard InChI is InChI=1S/C21H34O.C20H32O/c1-6-18(3)10-8-16-21(4,5)22-17-9-11-20-14-12-19(7-2)13-15-20;1-6-18-11-13-19(14-12-18)10-8-16-21-20(4,5)15-7-9-17(2)3/h9,11-15,18H,6-8,10,16-17H2,1-5H3;8,10-14,17H,6-7,9,15-16H2,1-5H3/b11-9+;10-8+. The van der Waals surface area contributed by atoms with E-state index in [4.69, 9.17) is 9.47 Å². The van der Waals surface area contributed by atoms with Gasteiger partial charge in [0.15, 0.2) is 0 Å². The fraction of sp³-hybridized carbons (Fsp3) is 0.610. The van der Waals surface area contributed by atoms with E-state index >= 15 is 0 Å². The molecule has 0 bridgehead atoms. The summed E-state index contributed by atoms with van der Waals surface area (Å²) in [4.78, 5) is 0. The molecule has 2 heteroatoms. The van der Waals surface area contributed by atoms with Gasteiger partial charge < -0.3 is 9.47 Å². The van der Waals surface area contributed by atoms with E-state index in [2.05, 4.69) is 142 Å². The van der Waals surface area contributed by atoms with E-state index in [9.17, 15) is 0 Å².